The van der Waals surface area contributed by atoms with Crippen LogP contribution in [0.15, 0.2) is 18.3 Å². The number of nitrogens with zero attached hydrogens (tertiary/aromatic N) is 3. The lowest BCUT2D eigenvalue weighted by Gasteiger charge is -2.21. The zero-order valence-electron chi connectivity index (χ0n) is 13.1. The molecule has 1 aliphatic heterocycles. The van der Waals surface area contributed by atoms with E-state index in [0.29, 0.717) is 5.69 Å². The Balaban J connectivity index is 1.88. The molecule has 1 saturated heterocycles. The number of hydrogen-bond acceptors (Lipinski definition) is 4. The van der Waals surface area contributed by atoms with Crippen LogP contribution in [0.25, 0.3) is 0 Å². The molecule has 2 heterocycles. The molecule has 1 amide bonds. The first-order chi connectivity index (χ1) is 10.2. The average Bonchev–Trinajstić information content (AvgIpc) is 3.03. The summed E-state index contributed by atoms with van der Waals surface area (Å²) in [4.78, 5) is 20.8. The molecule has 1 aliphatic rings. The third-order valence-corrected chi connectivity index (χ3v) is 3.86. The smallest absolute Gasteiger partial charge is 0.272 e. The van der Waals surface area contributed by atoms with E-state index in [1.807, 2.05) is 19.2 Å². The minimum atomic E-state index is -0.00524. The molecular weight excluding hydrogens is 264 g/mol. The van der Waals surface area contributed by atoms with Gasteiger partial charge in [0.2, 0.25) is 0 Å². The predicted molar refractivity (Wildman–Crippen MR) is 85.7 cm³/mol. The van der Waals surface area contributed by atoms with Gasteiger partial charge < -0.3 is 15.1 Å². The number of nitrogens with one attached hydrogen (secondary N) is 1. The second kappa shape index (κ2) is 7.98. The van der Waals surface area contributed by atoms with Gasteiger partial charge >= 0.3 is 0 Å². The van der Waals surface area contributed by atoms with E-state index in [2.05, 4.69) is 22.1 Å². The molecule has 5 nitrogen and oxygen atoms in total. The summed E-state index contributed by atoms with van der Waals surface area (Å²) in [6.07, 6.45) is 5.32. The normalized spacial score (nSPS) is 15.1. The summed E-state index contributed by atoms with van der Waals surface area (Å²) < 4.78 is 0. The highest BCUT2D eigenvalue weighted by atomic mass is 16.2. The van der Waals surface area contributed by atoms with Crippen LogP contribution in [0.2, 0.25) is 0 Å². The van der Waals surface area contributed by atoms with Gasteiger partial charge in [-0.25, -0.2) is 0 Å². The summed E-state index contributed by atoms with van der Waals surface area (Å²) in [6, 6.07) is 3.74. The summed E-state index contributed by atoms with van der Waals surface area (Å²) in [5, 5.41) is 3.29. The van der Waals surface area contributed by atoms with Gasteiger partial charge in [0.25, 0.3) is 5.91 Å². The quantitative estimate of drug-likeness (QED) is 0.835. The van der Waals surface area contributed by atoms with Gasteiger partial charge in [-0.3, -0.25) is 9.78 Å². The fraction of sp³-hybridized carbons (Fsp3) is 0.625. The third kappa shape index (κ3) is 4.70. The minimum Gasteiger partial charge on any atom is -0.385 e. The molecule has 0 saturated carbocycles. The molecule has 0 radical (unpaired) electrons. The molecule has 116 valence electrons. The van der Waals surface area contributed by atoms with Crippen molar-refractivity contribution in [3.63, 3.8) is 0 Å². The zero-order valence-corrected chi connectivity index (χ0v) is 13.1. The third-order valence-electron chi connectivity index (χ3n) is 3.86. The summed E-state index contributed by atoms with van der Waals surface area (Å²) in [7, 11) is 1.85. The van der Waals surface area contributed by atoms with Crippen molar-refractivity contribution in [2.24, 2.45) is 0 Å². The number of carbonyl (C=O) groups is 1. The largest absolute Gasteiger partial charge is 0.385 e. The van der Waals surface area contributed by atoms with Gasteiger partial charge in [-0.15, -0.1) is 0 Å². The van der Waals surface area contributed by atoms with Crippen LogP contribution in [0.1, 0.15) is 36.7 Å². The summed E-state index contributed by atoms with van der Waals surface area (Å²) in [6.45, 7) is 7.06. The molecule has 0 atom stereocenters. The van der Waals surface area contributed by atoms with E-state index in [4.69, 9.17) is 0 Å². The van der Waals surface area contributed by atoms with E-state index in [0.717, 1.165) is 44.8 Å². The van der Waals surface area contributed by atoms with Crippen LogP contribution in [0, 0.1) is 0 Å². The Kier molecular flexibility index (Phi) is 5.99. The van der Waals surface area contributed by atoms with Crippen molar-refractivity contribution in [3.05, 3.63) is 24.0 Å². The number of aromatic nitrogens is 1. The van der Waals surface area contributed by atoms with Gasteiger partial charge in [0.05, 0.1) is 0 Å². The van der Waals surface area contributed by atoms with Crippen molar-refractivity contribution in [1.29, 1.82) is 0 Å². The van der Waals surface area contributed by atoms with E-state index in [9.17, 15) is 4.79 Å². The molecule has 1 aromatic rings. The lowest BCUT2D eigenvalue weighted by Crippen LogP contribution is -2.35. The van der Waals surface area contributed by atoms with Crippen molar-refractivity contribution in [1.82, 2.24) is 14.8 Å². The first kappa shape index (κ1) is 15.8. The maximum atomic E-state index is 12.4. The van der Waals surface area contributed by atoms with Crippen molar-refractivity contribution in [2.75, 3.05) is 45.1 Å². The Bertz CT molecular complexity index is 457. The molecule has 1 aromatic heterocycles. The number of rotatable bonds is 7. The Morgan fingerprint density at radius 1 is 1.43 bits per heavy atom. The van der Waals surface area contributed by atoms with Gasteiger partial charge in [-0.05, 0) is 44.5 Å². The number of likely N-dealkylation sites (N-methyl/N-ethyl adjacent to an activating group) is 1. The maximum absolute atomic E-state index is 12.4. The number of hydrogen-bond donors (Lipinski definition) is 1. The standard InChI is InChI=1S/C16H26N4O/c1-3-7-17-14-6-8-18-15(13-14)16(21)19(2)11-12-20-9-4-5-10-20/h6,8,13H,3-5,7,9-12H2,1-2H3,(H,17,18). The van der Waals surface area contributed by atoms with Gasteiger partial charge in [0, 0.05) is 38.6 Å². The first-order valence-electron chi connectivity index (χ1n) is 7.88. The molecule has 21 heavy (non-hydrogen) atoms. The molecule has 0 bridgehead atoms. The van der Waals surface area contributed by atoms with Crippen molar-refractivity contribution < 1.29 is 4.79 Å². The van der Waals surface area contributed by atoms with E-state index >= 15 is 0 Å². The van der Waals surface area contributed by atoms with Gasteiger partial charge in [0.15, 0.2) is 0 Å². The summed E-state index contributed by atoms with van der Waals surface area (Å²) >= 11 is 0. The van der Waals surface area contributed by atoms with Crippen molar-refractivity contribution in [2.45, 2.75) is 26.2 Å². The van der Waals surface area contributed by atoms with Gasteiger partial charge in [-0.1, -0.05) is 6.92 Å². The molecule has 1 fully saturated rings. The number of pyridine rings is 1. The second-order valence-electron chi connectivity index (χ2n) is 5.63. The summed E-state index contributed by atoms with van der Waals surface area (Å²) in [5.74, 6) is -0.00524. The monoisotopic (exact) mass is 290 g/mol. The van der Waals surface area contributed by atoms with E-state index in [1.54, 1.807) is 11.1 Å². The second-order valence-corrected chi connectivity index (χ2v) is 5.63. The minimum absolute atomic E-state index is 0.00524. The van der Waals surface area contributed by atoms with E-state index in [1.165, 1.54) is 12.8 Å². The van der Waals surface area contributed by atoms with Crippen LogP contribution < -0.4 is 5.32 Å². The molecular formula is C16H26N4O. The van der Waals surface area contributed by atoms with E-state index in [-0.39, 0.29) is 5.91 Å². The molecule has 5 heteroatoms. The molecule has 0 aromatic carbocycles. The maximum Gasteiger partial charge on any atom is 0.272 e. The highest BCUT2D eigenvalue weighted by Crippen LogP contribution is 2.11. The van der Waals surface area contributed by atoms with Crippen molar-refractivity contribution in [3.8, 4) is 0 Å². The van der Waals surface area contributed by atoms with Crippen molar-refractivity contribution >= 4 is 11.6 Å². The van der Waals surface area contributed by atoms with Gasteiger partial charge in [-0.2, -0.15) is 0 Å². The Morgan fingerprint density at radius 2 is 2.19 bits per heavy atom. The number of likely N-dealkylation sites (tertiary alicyclic amines) is 1. The van der Waals surface area contributed by atoms with Crippen LogP contribution in [0.5, 0.6) is 0 Å². The van der Waals surface area contributed by atoms with E-state index < -0.39 is 0 Å². The topological polar surface area (TPSA) is 48.5 Å². The predicted octanol–water partition coefficient (Wildman–Crippen LogP) is 2.07. The van der Waals surface area contributed by atoms with Gasteiger partial charge in [0.1, 0.15) is 5.69 Å². The molecule has 0 unspecified atom stereocenters. The van der Waals surface area contributed by atoms with Crippen LogP contribution in [0.3, 0.4) is 0 Å². The zero-order chi connectivity index (χ0) is 15.1. The average molecular weight is 290 g/mol. The fourth-order valence-electron chi connectivity index (χ4n) is 2.52. The first-order valence-corrected chi connectivity index (χ1v) is 7.88. The molecule has 2 rings (SSSR count). The lowest BCUT2D eigenvalue weighted by molar-refractivity contribution is 0.0776. The number of carbonyl (C=O) groups excluding carboxylic acids is 1. The lowest BCUT2D eigenvalue weighted by atomic mass is 10.2. The number of anilines is 1. The van der Waals surface area contributed by atoms with Crippen LogP contribution in [-0.2, 0) is 0 Å². The Labute approximate surface area is 127 Å². The molecule has 1 N–H and O–H groups in total. The van der Waals surface area contributed by atoms with Crippen LogP contribution >= 0.6 is 0 Å². The highest BCUT2D eigenvalue weighted by Gasteiger charge is 2.16. The van der Waals surface area contributed by atoms with Crippen LogP contribution in [-0.4, -0.2) is 60.5 Å². The molecule has 0 spiro atoms. The Hall–Kier alpha value is -1.62. The SMILES string of the molecule is CCCNc1ccnc(C(=O)N(C)CCN2CCCC2)c1. The highest BCUT2D eigenvalue weighted by molar-refractivity contribution is 5.92. The fourth-order valence-corrected chi connectivity index (χ4v) is 2.52. The molecule has 0 aliphatic carbocycles. The van der Waals surface area contributed by atoms with Crippen LogP contribution in [0.4, 0.5) is 5.69 Å². The summed E-state index contributed by atoms with van der Waals surface area (Å²) in [5.41, 5.74) is 1.48. The Morgan fingerprint density at radius 3 is 2.90 bits per heavy atom. The number of amides is 1.